The second-order valence-corrected chi connectivity index (χ2v) is 6.56. The summed E-state index contributed by atoms with van der Waals surface area (Å²) in [5, 5.41) is 0. The molecule has 0 fully saturated rings. The lowest BCUT2D eigenvalue weighted by Crippen LogP contribution is -2.38. The molecule has 1 atom stereocenters. The topological polar surface area (TPSA) is 17.4 Å². The van der Waals surface area contributed by atoms with Gasteiger partial charge in [0.05, 0.1) is 12.6 Å². The number of benzene rings is 2. The normalized spacial score (nSPS) is 17.1. The highest BCUT2D eigenvalue weighted by atomic mass is 19.1. The summed E-state index contributed by atoms with van der Waals surface area (Å²) in [5.74, 6) is 0.434. The van der Waals surface area contributed by atoms with Crippen LogP contribution in [-0.2, 0) is 13.1 Å². The Kier molecular flexibility index (Phi) is 4.76. The molecule has 1 aromatic heterocycles. The zero-order chi connectivity index (χ0) is 17.9. The summed E-state index contributed by atoms with van der Waals surface area (Å²) < 4.78 is 22.6. The first-order chi connectivity index (χ1) is 12.8. The fourth-order valence-corrected chi connectivity index (χ4v) is 3.80. The summed E-state index contributed by atoms with van der Waals surface area (Å²) in [4.78, 5) is 2.34. The number of nitrogens with zero attached hydrogens (tertiary/aromatic N) is 2. The van der Waals surface area contributed by atoms with Gasteiger partial charge in [-0.1, -0.05) is 36.4 Å². The van der Waals surface area contributed by atoms with Gasteiger partial charge in [-0.2, -0.15) is 0 Å². The predicted molar refractivity (Wildman–Crippen MR) is 101 cm³/mol. The molecule has 3 nitrogen and oxygen atoms in total. The van der Waals surface area contributed by atoms with E-state index in [9.17, 15) is 4.39 Å². The standard InChI is InChI=1S/C22H23FN2O/c1-2-26-21-12-6-10-19(23)18(21)16-25-15-14-24-13-7-11-20(24)22(25)17-8-4-3-5-9-17/h3-13,22H,2,14-16H2,1H3. The molecule has 2 heterocycles. The number of rotatable bonds is 5. The molecule has 1 aliphatic rings. The van der Waals surface area contributed by atoms with E-state index in [1.807, 2.05) is 19.1 Å². The lowest BCUT2D eigenvalue weighted by molar-refractivity contribution is 0.169. The van der Waals surface area contributed by atoms with Gasteiger partial charge >= 0.3 is 0 Å². The minimum absolute atomic E-state index is 0.106. The molecule has 4 rings (SSSR count). The third kappa shape index (κ3) is 3.13. The minimum atomic E-state index is -0.205. The lowest BCUT2D eigenvalue weighted by atomic mass is 9.99. The third-order valence-electron chi connectivity index (χ3n) is 4.99. The molecular weight excluding hydrogens is 327 g/mol. The first-order valence-corrected chi connectivity index (χ1v) is 9.12. The van der Waals surface area contributed by atoms with Crippen LogP contribution in [0.5, 0.6) is 5.75 Å². The minimum Gasteiger partial charge on any atom is -0.493 e. The van der Waals surface area contributed by atoms with Crippen LogP contribution in [0.3, 0.4) is 0 Å². The third-order valence-corrected chi connectivity index (χ3v) is 4.99. The molecule has 0 aliphatic carbocycles. The SMILES string of the molecule is CCOc1cccc(F)c1CN1CCn2cccc2C1c1ccccc1. The van der Waals surface area contributed by atoms with Gasteiger partial charge in [0.25, 0.3) is 0 Å². The Balaban J connectivity index is 1.72. The van der Waals surface area contributed by atoms with Gasteiger partial charge in [-0.3, -0.25) is 4.90 Å². The summed E-state index contributed by atoms with van der Waals surface area (Å²) >= 11 is 0. The summed E-state index contributed by atoms with van der Waals surface area (Å²) in [6, 6.07) is 19.9. The van der Waals surface area contributed by atoms with Gasteiger partial charge in [-0.25, -0.2) is 4.39 Å². The predicted octanol–water partition coefficient (Wildman–Crippen LogP) is 4.63. The van der Waals surface area contributed by atoms with Crippen molar-refractivity contribution in [2.75, 3.05) is 13.2 Å². The molecule has 1 aliphatic heterocycles. The van der Waals surface area contributed by atoms with Crippen molar-refractivity contribution >= 4 is 0 Å². The fourth-order valence-electron chi connectivity index (χ4n) is 3.80. The summed E-state index contributed by atoms with van der Waals surface area (Å²) in [6.07, 6.45) is 2.12. The average molecular weight is 350 g/mol. The Labute approximate surface area is 153 Å². The summed E-state index contributed by atoms with van der Waals surface area (Å²) in [6.45, 7) is 4.74. The molecule has 3 aromatic rings. The van der Waals surface area contributed by atoms with E-state index in [1.165, 1.54) is 17.3 Å². The molecule has 4 heteroatoms. The zero-order valence-electron chi connectivity index (χ0n) is 14.9. The summed E-state index contributed by atoms with van der Waals surface area (Å²) in [5.41, 5.74) is 3.11. The first-order valence-electron chi connectivity index (χ1n) is 9.12. The van der Waals surface area contributed by atoms with Crippen LogP contribution in [-0.4, -0.2) is 22.6 Å². The van der Waals surface area contributed by atoms with E-state index in [-0.39, 0.29) is 11.9 Å². The number of fused-ring (bicyclic) bond motifs is 1. The van der Waals surface area contributed by atoms with E-state index in [4.69, 9.17) is 4.74 Å². The molecule has 0 saturated heterocycles. The molecule has 0 amide bonds. The molecule has 26 heavy (non-hydrogen) atoms. The highest BCUT2D eigenvalue weighted by Gasteiger charge is 2.30. The Bertz CT molecular complexity index is 875. The maximum Gasteiger partial charge on any atom is 0.131 e. The van der Waals surface area contributed by atoms with E-state index in [0.717, 1.165) is 13.1 Å². The van der Waals surface area contributed by atoms with Crippen molar-refractivity contribution in [3.63, 3.8) is 0 Å². The van der Waals surface area contributed by atoms with Crippen molar-refractivity contribution in [2.24, 2.45) is 0 Å². The van der Waals surface area contributed by atoms with Crippen molar-refractivity contribution in [2.45, 2.75) is 26.1 Å². The molecule has 0 radical (unpaired) electrons. The van der Waals surface area contributed by atoms with Crippen molar-refractivity contribution in [3.8, 4) is 5.75 Å². The number of hydrogen-bond acceptors (Lipinski definition) is 2. The molecule has 0 N–H and O–H groups in total. The molecule has 134 valence electrons. The first kappa shape index (κ1) is 16.9. The molecular formula is C22H23FN2O. The maximum absolute atomic E-state index is 14.6. The lowest BCUT2D eigenvalue weighted by Gasteiger charge is -2.37. The van der Waals surface area contributed by atoms with Gasteiger partial charge in [-0.05, 0) is 36.8 Å². The Hall–Kier alpha value is -2.59. The van der Waals surface area contributed by atoms with Crippen LogP contribution in [0.25, 0.3) is 0 Å². The molecule has 0 saturated carbocycles. The van der Waals surface area contributed by atoms with Crippen LogP contribution in [0.2, 0.25) is 0 Å². The van der Waals surface area contributed by atoms with E-state index in [2.05, 4.69) is 52.1 Å². The van der Waals surface area contributed by atoms with Gasteiger partial charge in [0.2, 0.25) is 0 Å². The zero-order valence-corrected chi connectivity index (χ0v) is 14.9. The van der Waals surface area contributed by atoms with Crippen molar-refractivity contribution in [1.82, 2.24) is 9.47 Å². The van der Waals surface area contributed by atoms with E-state index in [1.54, 1.807) is 6.07 Å². The highest BCUT2D eigenvalue weighted by Crippen LogP contribution is 2.35. The largest absolute Gasteiger partial charge is 0.493 e. The van der Waals surface area contributed by atoms with Gasteiger partial charge < -0.3 is 9.30 Å². The molecule has 0 spiro atoms. The van der Waals surface area contributed by atoms with Gasteiger partial charge in [0.15, 0.2) is 0 Å². The number of ether oxygens (including phenoxy) is 1. The van der Waals surface area contributed by atoms with Crippen molar-refractivity contribution < 1.29 is 9.13 Å². The van der Waals surface area contributed by atoms with Gasteiger partial charge in [-0.15, -0.1) is 0 Å². The fraction of sp³-hybridized carbons (Fsp3) is 0.273. The second kappa shape index (κ2) is 7.34. The van der Waals surface area contributed by atoms with Crippen molar-refractivity contribution in [1.29, 1.82) is 0 Å². The van der Waals surface area contributed by atoms with Crippen LogP contribution in [0.4, 0.5) is 4.39 Å². The summed E-state index contributed by atoms with van der Waals surface area (Å²) in [7, 11) is 0. The van der Waals surface area contributed by atoms with Crippen LogP contribution in [0, 0.1) is 5.82 Å². The number of aromatic nitrogens is 1. The van der Waals surface area contributed by atoms with Crippen molar-refractivity contribution in [3.05, 3.63) is 89.5 Å². The van der Waals surface area contributed by atoms with E-state index in [0.29, 0.717) is 24.5 Å². The number of halogens is 1. The molecule has 0 bridgehead atoms. The van der Waals surface area contributed by atoms with Crippen LogP contribution in [0.1, 0.15) is 29.8 Å². The Morgan fingerprint density at radius 2 is 1.85 bits per heavy atom. The van der Waals surface area contributed by atoms with Gasteiger partial charge in [0.1, 0.15) is 11.6 Å². The maximum atomic E-state index is 14.6. The van der Waals surface area contributed by atoms with E-state index >= 15 is 0 Å². The Morgan fingerprint density at radius 3 is 2.65 bits per heavy atom. The van der Waals surface area contributed by atoms with E-state index < -0.39 is 0 Å². The van der Waals surface area contributed by atoms with Gasteiger partial charge in [0, 0.05) is 37.1 Å². The second-order valence-electron chi connectivity index (χ2n) is 6.56. The Morgan fingerprint density at radius 1 is 1.00 bits per heavy atom. The van der Waals surface area contributed by atoms with Crippen LogP contribution >= 0.6 is 0 Å². The quantitative estimate of drug-likeness (QED) is 0.667. The van der Waals surface area contributed by atoms with Crippen LogP contribution in [0.15, 0.2) is 66.9 Å². The number of hydrogen-bond donors (Lipinski definition) is 0. The molecule has 1 unspecified atom stereocenters. The highest BCUT2D eigenvalue weighted by molar-refractivity contribution is 5.36. The monoisotopic (exact) mass is 350 g/mol. The smallest absolute Gasteiger partial charge is 0.131 e. The van der Waals surface area contributed by atoms with Crippen LogP contribution < -0.4 is 4.74 Å². The molecule has 2 aromatic carbocycles. The average Bonchev–Trinajstić information content (AvgIpc) is 3.14.